The van der Waals surface area contributed by atoms with Crippen molar-refractivity contribution >= 4 is 23.1 Å². The quantitative estimate of drug-likeness (QED) is 0.816. The van der Waals surface area contributed by atoms with E-state index >= 15 is 0 Å². The molecule has 1 heterocycles. The van der Waals surface area contributed by atoms with Crippen LogP contribution in [0.1, 0.15) is 18.4 Å². The molecule has 1 aliphatic rings. The molecule has 0 atom stereocenters. The fourth-order valence-corrected chi connectivity index (χ4v) is 2.87. The Morgan fingerprint density at radius 1 is 1.41 bits per heavy atom. The van der Waals surface area contributed by atoms with Crippen LogP contribution in [0.15, 0.2) is 18.2 Å². The molecule has 3 nitrogen and oxygen atoms in total. The van der Waals surface area contributed by atoms with Crippen LogP contribution in [0.5, 0.6) is 0 Å². The number of thioether (sulfide) groups is 1. The zero-order valence-electron chi connectivity index (χ0n) is 10.0. The zero-order valence-corrected chi connectivity index (χ0v) is 10.8. The standard InChI is InChI=1S/C13H17N3S/c1-17-12-4-6-16(7-5-12)11-2-3-13(15)10(8-11)9-14/h2-3,8,12H,4-7,15H2,1H3. The summed E-state index contributed by atoms with van der Waals surface area (Å²) in [6.07, 6.45) is 4.61. The highest BCUT2D eigenvalue weighted by atomic mass is 32.2. The van der Waals surface area contributed by atoms with Crippen molar-refractivity contribution in [3.8, 4) is 6.07 Å². The molecule has 4 heteroatoms. The molecular weight excluding hydrogens is 230 g/mol. The number of nitrogens with two attached hydrogens (primary N) is 1. The second-order valence-electron chi connectivity index (χ2n) is 4.31. The molecule has 0 spiro atoms. The highest BCUT2D eigenvalue weighted by Crippen LogP contribution is 2.27. The third-order valence-corrected chi connectivity index (χ3v) is 4.44. The van der Waals surface area contributed by atoms with E-state index in [1.165, 1.54) is 12.8 Å². The van der Waals surface area contributed by atoms with Crippen LogP contribution < -0.4 is 10.6 Å². The van der Waals surface area contributed by atoms with E-state index in [4.69, 9.17) is 11.0 Å². The maximum absolute atomic E-state index is 8.97. The van der Waals surface area contributed by atoms with Gasteiger partial charge in [0.25, 0.3) is 0 Å². The van der Waals surface area contributed by atoms with E-state index in [1.807, 2.05) is 30.0 Å². The van der Waals surface area contributed by atoms with Crippen LogP contribution >= 0.6 is 11.8 Å². The van der Waals surface area contributed by atoms with Gasteiger partial charge in [-0.2, -0.15) is 17.0 Å². The highest BCUT2D eigenvalue weighted by molar-refractivity contribution is 7.99. The third-order valence-electron chi connectivity index (χ3n) is 3.30. The molecule has 0 radical (unpaired) electrons. The molecule has 2 rings (SSSR count). The van der Waals surface area contributed by atoms with E-state index in [1.54, 1.807) is 0 Å². The van der Waals surface area contributed by atoms with Crippen molar-refractivity contribution in [2.75, 3.05) is 30.0 Å². The molecule has 1 fully saturated rings. The third kappa shape index (κ3) is 2.67. The van der Waals surface area contributed by atoms with Gasteiger partial charge in [-0.05, 0) is 37.3 Å². The van der Waals surface area contributed by atoms with Gasteiger partial charge in [-0.3, -0.25) is 0 Å². The van der Waals surface area contributed by atoms with Gasteiger partial charge in [0.1, 0.15) is 6.07 Å². The molecule has 0 unspecified atom stereocenters. The first-order valence-electron chi connectivity index (χ1n) is 5.82. The normalized spacial score (nSPS) is 16.8. The number of benzene rings is 1. The van der Waals surface area contributed by atoms with Crippen LogP contribution in [0.3, 0.4) is 0 Å². The van der Waals surface area contributed by atoms with Crippen molar-refractivity contribution in [3.63, 3.8) is 0 Å². The minimum absolute atomic E-state index is 0.565. The fraction of sp³-hybridized carbons (Fsp3) is 0.462. The van der Waals surface area contributed by atoms with E-state index in [2.05, 4.69) is 17.2 Å². The Morgan fingerprint density at radius 2 is 2.12 bits per heavy atom. The number of hydrogen-bond acceptors (Lipinski definition) is 4. The minimum atomic E-state index is 0.565. The summed E-state index contributed by atoms with van der Waals surface area (Å²) in [5, 5.41) is 9.76. The van der Waals surface area contributed by atoms with Crippen molar-refractivity contribution in [1.29, 1.82) is 5.26 Å². The topological polar surface area (TPSA) is 53.0 Å². The Bertz CT molecular complexity index is 431. The molecule has 0 aromatic heterocycles. The maximum Gasteiger partial charge on any atom is 0.101 e. The first kappa shape index (κ1) is 12.1. The number of hydrogen-bond donors (Lipinski definition) is 1. The van der Waals surface area contributed by atoms with E-state index in [0.717, 1.165) is 24.0 Å². The van der Waals surface area contributed by atoms with Crippen LogP contribution in [0.2, 0.25) is 0 Å². The predicted molar refractivity (Wildman–Crippen MR) is 74.3 cm³/mol. The Hall–Kier alpha value is -1.34. The molecule has 0 saturated carbocycles. The molecule has 0 amide bonds. The fourth-order valence-electron chi connectivity index (χ4n) is 2.19. The van der Waals surface area contributed by atoms with Gasteiger partial charge in [0.15, 0.2) is 0 Å². The zero-order chi connectivity index (χ0) is 12.3. The average Bonchev–Trinajstić information content (AvgIpc) is 2.39. The van der Waals surface area contributed by atoms with Crippen LogP contribution in [-0.4, -0.2) is 24.6 Å². The lowest BCUT2D eigenvalue weighted by molar-refractivity contribution is 0.592. The number of anilines is 2. The Morgan fingerprint density at radius 3 is 2.71 bits per heavy atom. The number of nitrogen functional groups attached to an aromatic ring is 1. The number of piperidine rings is 1. The number of nitriles is 1. The summed E-state index contributed by atoms with van der Waals surface area (Å²) in [4.78, 5) is 2.34. The van der Waals surface area contributed by atoms with Crippen molar-refractivity contribution in [2.24, 2.45) is 0 Å². The van der Waals surface area contributed by atoms with Gasteiger partial charge >= 0.3 is 0 Å². The van der Waals surface area contributed by atoms with Gasteiger partial charge in [0.05, 0.1) is 5.56 Å². The summed E-state index contributed by atoms with van der Waals surface area (Å²) < 4.78 is 0. The molecular formula is C13H17N3S. The summed E-state index contributed by atoms with van der Waals surface area (Å²) in [5.74, 6) is 0. The van der Waals surface area contributed by atoms with Gasteiger partial charge in [-0.15, -0.1) is 0 Å². The lowest BCUT2D eigenvalue weighted by atomic mass is 10.1. The number of rotatable bonds is 2. The van der Waals surface area contributed by atoms with Gasteiger partial charge in [0.2, 0.25) is 0 Å². The predicted octanol–water partition coefficient (Wildman–Crippen LogP) is 2.47. The smallest absolute Gasteiger partial charge is 0.101 e. The number of nitrogens with zero attached hydrogens (tertiary/aromatic N) is 2. The summed E-state index contributed by atoms with van der Waals surface area (Å²) >= 11 is 1.95. The second kappa shape index (κ2) is 5.33. The molecule has 1 aromatic rings. The van der Waals surface area contributed by atoms with E-state index in [9.17, 15) is 0 Å². The molecule has 90 valence electrons. The average molecular weight is 247 g/mol. The second-order valence-corrected chi connectivity index (χ2v) is 5.44. The summed E-state index contributed by atoms with van der Waals surface area (Å²) in [5.41, 5.74) is 7.99. The lowest BCUT2D eigenvalue weighted by Gasteiger charge is -2.33. The Kier molecular flexibility index (Phi) is 3.80. The maximum atomic E-state index is 8.97. The van der Waals surface area contributed by atoms with Gasteiger partial charge < -0.3 is 10.6 Å². The van der Waals surface area contributed by atoms with Crippen LogP contribution in [0.25, 0.3) is 0 Å². The highest BCUT2D eigenvalue weighted by Gasteiger charge is 2.18. The van der Waals surface area contributed by atoms with Crippen LogP contribution in [0, 0.1) is 11.3 Å². The lowest BCUT2D eigenvalue weighted by Crippen LogP contribution is -2.34. The molecule has 1 saturated heterocycles. The van der Waals surface area contributed by atoms with Crippen molar-refractivity contribution in [1.82, 2.24) is 0 Å². The van der Waals surface area contributed by atoms with Crippen molar-refractivity contribution < 1.29 is 0 Å². The monoisotopic (exact) mass is 247 g/mol. The first-order chi connectivity index (χ1) is 8.24. The summed E-state index contributed by atoms with van der Waals surface area (Å²) in [7, 11) is 0. The SMILES string of the molecule is CSC1CCN(c2ccc(N)c(C#N)c2)CC1. The molecule has 0 bridgehead atoms. The van der Waals surface area contributed by atoms with E-state index in [-0.39, 0.29) is 0 Å². The van der Waals surface area contributed by atoms with Gasteiger partial charge in [0, 0.05) is 29.7 Å². The molecule has 2 N–H and O–H groups in total. The van der Waals surface area contributed by atoms with Crippen molar-refractivity contribution in [2.45, 2.75) is 18.1 Å². The molecule has 1 aliphatic heterocycles. The molecule has 1 aromatic carbocycles. The summed E-state index contributed by atoms with van der Waals surface area (Å²) in [6, 6.07) is 7.87. The van der Waals surface area contributed by atoms with Crippen LogP contribution in [0.4, 0.5) is 11.4 Å². The van der Waals surface area contributed by atoms with E-state index < -0.39 is 0 Å². The molecule has 0 aliphatic carbocycles. The van der Waals surface area contributed by atoms with E-state index in [0.29, 0.717) is 11.3 Å². The van der Waals surface area contributed by atoms with Gasteiger partial charge in [-0.1, -0.05) is 0 Å². The Labute approximate surface area is 107 Å². The largest absolute Gasteiger partial charge is 0.398 e. The Balaban J connectivity index is 2.11. The first-order valence-corrected chi connectivity index (χ1v) is 7.10. The van der Waals surface area contributed by atoms with Crippen molar-refractivity contribution in [3.05, 3.63) is 23.8 Å². The summed E-state index contributed by atoms with van der Waals surface area (Å²) in [6.45, 7) is 2.14. The van der Waals surface area contributed by atoms with Gasteiger partial charge in [-0.25, -0.2) is 0 Å². The van der Waals surface area contributed by atoms with Crippen LogP contribution in [-0.2, 0) is 0 Å². The molecule has 17 heavy (non-hydrogen) atoms. The minimum Gasteiger partial charge on any atom is -0.398 e.